The van der Waals surface area contributed by atoms with Gasteiger partial charge in [-0.1, -0.05) is 18.2 Å². The Bertz CT molecular complexity index is 949. The molecule has 0 radical (unpaired) electrons. The van der Waals surface area contributed by atoms with Crippen molar-refractivity contribution in [3.05, 3.63) is 59.9 Å². The highest BCUT2D eigenvalue weighted by Crippen LogP contribution is 2.24. The number of nitrogens with zero attached hydrogens (tertiary/aromatic N) is 3. The number of anilines is 2. The molecule has 0 bridgehead atoms. The summed E-state index contributed by atoms with van der Waals surface area (Å²) in [5, 5.41) is 12.3. The van der Waals surface area contributed by atoms with Crippen LogP contribution < -0.4 is 10.6 Å². The first-order valence-electron chi connectivity index (χ1n) is 8.31. The van der Waals surface area contributed by atoms with E-state index in [2.05, 4.69) is 25.8 Å². The van der Waals surface area contributed by atoms with Crippen LogP contribution >= 0.6 is 0 Å². The molecule has 0 aliphatic rings. The van der Waals surface area contributed by atoms with Crippen molar-refractivity contribution in [2.45, 2.75) is 6.92 Å². The third-order valence-corrected chi connectivity index (χ3v) is 4.07. The molecule has 0 aliphatic heterocycles. The van der Waals surface area contributed by atoms with Crippen LogP contribution in [0.5, 0.6) is 0 Å². The number of nitrogens with one attached hydrogen (secondary N) is 3. The lowest BCUT2D eigenvalue weighted by atomic mass is 10.1. The fourth-order valence-electron chi connectivity index (χ4n) is 2.45. The van der Waals surface area contributed by atoms with Crippen molar-refractivity contribution in [3.8, 4) is 11.4 Å². The van der Waals surface area contributed by atoms with E-state index in [0.717, 1.165) is 11.1 Å². The Morgan fingerprint density at radius 2 is 1.67 bits per heavy atom. The molecule has 0 saturated carbocycles. The van der Waals surface area contributed by atoms with Crippen molar-refractivity contribution < 1.29 is 9.59 Å². The molecule has 0 fully saturated rings. The number of aromatic amines is 1. The summed E-state index contributed by atoms with van der Waals surface area (Å²) < 4.78 is 0. The summed E-state index contributed by atoms with van der Waals surface area (Å²) in [6.07, 6.45) is 1.43. The minimum absolute atomic E-state index is 0.232. The van der Waals surface area contributed by atoms with Crippen LogP contribution in [0, 0.1) is 6.92 Å². The first kappa shape index (κ1) is 18.1. The van der Waals surface area contributed by atoms with E-state index in [4.69, 9.17) is 0 Å². The highest BCUT2D eigenvalue weighted by molar-refractivity contribution is 6.05. The maximum atomic E-state index is 12.6. The normalized spacial score (nSPS) is 10.3. The molecule has 3 aromatic rings. The predicted octanol–water partition coefficient (Wildman–Crippen LogP) is 3.13. The third-order valence-electron chi connectivity index (χ3n) is 4.07. The Labute approximate surface area is 156 Å². The van der Waals surface area contributed by atoms with Crippen LogP contribution in [0.1, 0.15) is 15.9 Å². The molecule has 0 aliphatic carbocycles. The maximum absolute atomic E-state index is 12.6. The number of rotatable bonds is 4. The highest BCUT2D eigenvalue weighted by Gasteiger charge is 2.12. The van der Waals surface area contributed by atoms with Crippen LogP contribution in [0.25, 0.3) is 11.4 Å². The number of carbonyl (C=O) groups is 2. The third kappa shape index (κ3) is 4.12. The van der Waals surface area contributed by atoms with Gasteiger partial charge in [-0.15, -0.1) is 0 Å². The van der Waals surface area contributed by atoms with Gasteiger partial charge in [-0.2, -0.15) is 5.10 Å². The smallest absolute Gasteiger partial charge is 0.321 e. The zero-order valence-electron chi connectivity index (χ0n) is 15.3. The van der Waals surface area contributed by atoms with Crippen LogP contribution in [0.3, 0.4) is 0 Å². The Morgan fingerprint density at radius 3 is 2.26 bits per heavy atom. The number of aromatic nitrogens is 3. The topological polar surface area (TPSA) is 103 Å². The van der Waals surface area contributed by atoms with Gasteiger partial charge < -0.3 is 15.5 Å². The van der Waals surface area contributed by atoms with Gasteiger partial charge in [0, 0.05) is 36.6 Å². The van der Waals surface area contributed by atoms with Gasteiger partial charge in [0.15, 0.2) is 5.82 Å². The molecule has 0 atom stereocenters. The van der Waals surface area contributed by atoms with E-state index in [0.29, 0.717) is 22.8 Å². The first-order valence-corrected chi connectivity index (χ1v) is 8.31. The Morgan fingerprint density at radius 1 is 1.00 bits per heavy atom. The summed E-state index contributed by atoms with van der Waals surface area (Å²) in [5.74, 6) is 0.403. The van der Waals surface area contributed by atoms with Crippen molar-refractivity contribution in [1.82, 2.24) is 20.1 Å². The lowest BCUT2D eigenvalue weighted by molar-refractivity contribution is 0.102. The SMILES string of the molecule is Cc1c(NC(=O)c2ccc(-c3ncn[nH]3)cc2)cccc1NC(=O)N(C)C. The van der Waals surface area contributed by atoms with E-state index >= 15 is 0 Å². The fourth-order valence-corrected chi connectivity index (χ4v) is 2.45. The molecule has 138 valence electrons. The molecule has 3 N–H and O–H groups in total. The van der Waals surface area contributed by atoms with Crippen molar-refractivity contribution >= 4 is 23.3 Å². The number of amides is 3. The van der Waals surface area contributed by atoms with E-state index in [-0.39, 0.29) is 11.9 Å². The lowest BCUT2D eigenvalue weighted by Crippen LogP contribution is -2.27. The predicted molar refractivity (Wildman–Crippen MR) is 104 cm³/mol. The average molecular weight is 364 g/mol. The zero-order chi connectivity index (χ0) is 19.4. The molecule has 3 amide bonds. The van der Waals surface area contributed by atoms with E-state index < -0.39 is 0 Å². The Balaban J connectivity index is 1.75. The minimum atomic E-state index is -0.238. The van der Waals surface area contributed by atoms with Crippen molar-refractivity contribution in [1.29, 1.82) is 0 Å². The van der Waals surface area contributed by atoms with Crippen LogP contribution in [0.15, 0.2) is 48.8 Å². The van der Waals surface area contributed by atoms with E-state index in [1.165, 1.54) is 11.2 Å². The second kappa shape index (κ2) is 7.69. The average Bonchev–Trinajstić information content (AvgIpc) is 3.19. The standard InChI is InChI=1S/C19H20N6O2/c1-12-15(5-4-6-16(12)23-19(27)25(2)3)22-18(26)14-9-7-13(8-10-14)17-20-11-21-24-17/h4-11H,1-3H3,(H,22,26)(H,23,27)(H,20,21,24). The maximum Gasteiger partial charge on any atom is 0.321 e. The summed E-state index contributed by atoms with van der Waals surface area (Å²) in [6, 6.07) is 12.2. The van der Waals surface area contributed by atoms with E-state index in [1.54, 1.807) is 56.6 Å². The van der Waals surface area contributed by atoms with Crippen molar-refractivity contribution in [2.75, 3.05) is 24.7 Å². The number of hydrogen-bond acceptors (Lipinski definition) is 4. The van der Waals surface area contributed by atoms with Crippen molar-refractivity contribution in [2.24, 2.45) is 0 Å². The minimum Gasteiger partial charge on any atom is -0.331 e. The molecule has 8 nitrogen and oxygen atoms in total. The quantitative estimate of drug-likeness (QED) is 0.662. The summed E-state index contributed by atoms with van der Waals surface area (Å²) in [6.45, 7) is 1.84. The molecule has 0 unspecified atom stereocenters. The summed E-state index contributed by atoms with van der Waals surface area (Å²) >= 11 is 0. The second-order valence-electron chi connectivity index (χ2n) is 6.17. The van der Waals surface area contributed by atoms with Gasteiger partial charge in [-0.25, -0.2) is 9.78 Å². The molecule has 8 heteroatoms. The summed E-state index contributed by atoms with van der Waals surface area (Å²) in [4.78, 5) is 30.0. The van der Waals surface area contributed by atoms with Crippen LogP contribution in [0.4, 0.5) is 16.2 Å². The van der Waals surface area contributed by atoms with Gasteiger partial charge in [0.2, 0.25) is 0 Å². The molecule has 0 spiro atoms. The monoisotopic (exact) mass is 364 g/mol. The molecule has 1 heterocycles. The largest absolute Gasteiger partial charge is 0.331 e. The highest BCUT2D eigenvalue weighted by atomic mass is 16.2. The second-order valence-corrected chi connectivity index (χ2v) is 6.17. The number of urea groups is 1. The fraction of sp³-hybridized carbons (Fsp3) is 0.158. The van der Waals surface area contributed by atoms with Gasteiger partial charge in [0.05, 0.1) is 0 Å². The van der Waals surface area contributed by atoms with Crippen LogP contribution in [-0.4, -0.2) is 46.1 Å². The van der Waals surface area contributed by atoms with Crippen LogP contribution in [-0.2, 0) is 0 Å². The molecule has 3 rings (SSSR count). The number of hydrogen-bond donors (Lipinski definition) is 3. The molecular weight excluding hydrogens is 344 g/mol. The number of H-pyrrole nitrogens is 1. The summed E-state index contributed by atoms with van der Waals surface area (Å²) in [7, 11) is 3.33. The first-order chi connectivity index (χ1) is 13.0. The Kier molecular flexibility index (Phi) is 5.16. The molecular formula is C19H20N6O2. The molecule has 2 aromatic carbocycles. The van der Waals surface area contributed by atoms with Gasteiger partial charge in [0.1, 0.15) is 6.33 Å². The van der Waals surface area contributed by atoms with Crippen LogP contribution in [0.2, 0.25) is 0 Å². The van der Waals surface area contributed by atoms with E-state index in [1.807, 2.05) is 6.92 Å². The molecule has 1 aromatic heterocycles. The number of carbonyl (C=O) groups excluding carboxylic acids is 2. The zero-order valence-corrected chi connectivity index (χ0v) is 15.3. The van der Waals surface area contributed by atoms with E-state index in [9.17, 15) is 9.59 Å². The lowest BCUT2D eigenvalue weighted by Gasteiger charge is -2.16. The molecule has 27 heavy (non-hydrogen) atoms. The summed E-state index contributed by atoms with van der Waals surface area (Å²) in [5.41, 5.74) is 3.41. The van der Waals surface area contributed by atoms with Gasteiger partial charge in [-0.05, 0) is 36.8 Å². The number of benzene rings is 2. The van der Waals surface area contributed by atoms with Gasteiger partial charge in [0.25, 0.3) is 5.91 Å². The van der Waals surface area contributed by atoms with Gasteiger partial charge >= 0.3 is 6.03 Å². The van der Waals surface area contributed by atoms with Gasteiger partial charge in [-0.3, -0.25) is 9.89 Å². The van der Waals surface area contributed by atoms with Crippen molar-refractivity contribution in [3.63, 3.8) is 0 Å². The molecule has 0 saturated heterocycles. The Hall–Kier alpha value is -3.68.